The molecular weight excluding hydrogens is 196 g/mol. The zero-order valence-electron chi connectivity index (χ0n) is 10.6. The van der Waals surface area contributed by atoms with Gasteiger partial charge in [-0.3, -0.25) is 4.68 Å². The van der Waals surface area contributed by atoms with Crippen molar-refractivity contribution in [2.45, 2.75) is 46.6 Å². The summed E-state index contributed by atoms with van der Waals surface area (Å²) < 4.78 is 2.19. The van der Waals surface area contributed by atoms with Crippen LogP contribution in [0.2, 0.25) is 0 Å². The maximum atomic E-state index is 4.43. The van der Waals surface area contributed by atoms with Crippen LogP contribution < -0.4 is 0 Å². The third kappa shape index (κ3) is 1.35. The minimum absolute atomic E-state index is 0.601. The summed E-state index contributed by atoms with van der Waals surface area (Å²) in [7, 11) is 0. The van der Waals surface area contributed by atoms with Crippen molar-refractivity contribution in [3.63, 3.8) is 0 Å². The van der Waals surface area contributed by atoms with Gasteiger partial charge in [-0.25, -0.2) is 0 Å². The summed E-state index contributed by atoms with van der Waals surface area (Å²) in [4.78, 5) is 0. The first kappa shape index (κ1) is 10.4. The lowest BCUT2D eigenvalue weighted by atomic mass is 9.45. The Labute approximate surface area is 98.0 Å². The maximum absolute atomic E-state index is 4.43. The van der Waals surface area contributed by atoms with Crippen molar-refractivity contribution in [2.75, 3.05) is 0 Å². The van der Waals surface area contributed by atoms with Gasteiger partial charge in [0, 0.05) is 18.4 Å². The lowest BCUT2D eigenvalue weighted by Gasteiger charge is -2.60. The van der Waals surface area contributed by atoms with Crippen LogP contribution in [0.15, 0.2) is 12.3 Å². The van der Waals surface area contributed by atoms with Crippen LogP contribution in [0.25, 0.3) is 0 Å². The van der Waals surface area contributed by atoms with Crippen molar-refractivity contribution in [1.29, 1.82) is 0 Å². The Balaban J connectivity index is 1.75. The molecule has 16 heavy (non-hydrogen) atoms. The summed E-state index contributed by atoms with van der Waals surface area (Å²) in [5.41, 5.74) is 1.91. The summed E-state index contributed by atoms with van der Waals surface area (Å²) in [6.45, 7) is 8.23. The predicted octanol–water partition coefficient (Wildman–Crippen LogP) is 3.26. The van der Waals surface area contributed by atoms with Gasteiger partial charge in [0.1, 0.15) is 0 Å². The third-order valence-corrected chi connectivity index (χ3v) is 5.34. The zero-order valence-corrected chi connectivity index (χ0v) is 10.6. The van der Waals surface area contributed by atoms with Gasteiger partial charge in [-0.05, 0) is 55.4 Å². The van der Waals surface area contributed by atoms with E-state index in [9.17, 15) is 0 Å². The maximum Gasteiger partial charge on any atom is 0.0492 e. The number of aromatic nitrogens is 2. The van der Waals surface area contributed by atoms with Crippen LogP contribution in [0.1, 0.15) is 38.8 Å². The molecule has 0 spiro atoms. The second-order valence-corrected chi connectivity index (χ2v) is 6.35. The first-order valence-corrected chi connectivity index (χ1v) is 6.57. The van der Waals surface area contributed by atoms with E-state index in [4.69, 9.17) is 0 Å². The van der Waals surface area contributed by atoms with E-state index < -0.39 is 0 Å². The first-order valence-electron chi connectivity index (χ1n) is 6.57. The minimum atomic E-state index is 0.601. The smallest absolute Gasteiger partial charge is 0.0492 e. The zero-order chi connectivity index (χ0) is 11.3. The summed E-state index contributed by atoms with van der Waals surface area (Å²) in [6.07, 6.45) is 6.25. The fraction of sp³-hybridized carbons (Fsp3) is 0.786. The van der Waals surface area contributed by atoms with Gasteiger partial charge in [0.25, 0.3) is 0 Å². The standard InChI is InChI=1S/C14H22N2/c1-10-6-7-15-16(10)9-11-4-5-12-8-13(11)14(12,2)3/h6-7,11-13H,4-5,8-9H2,1-3H3/t11-,12+,13+/m0/s1. The molecule has 3 aliphatic carbocycles. The lowest BCUT2D eigenvalue weighted by molar-refractivity contribution is -0.109. The van der Waals surface area contributed by atoms with Crippen LogP contribution in [0.4, 0.5) is 0 Å². The molecule has 0 radical (unpaired) electrons. The Hall–Kier alpha value is -0.790. The van der Waals surface area contributed by atoms with Crippen molar-refractivity contribution < 1.29 is 0 Å². The van der Waals surface area contributed by atoms with E-state index in [0.717, 1.165) is 24.3 Å². The minimum Gasteiger partial charge on any atom is -0.270 e. The second-order valence-electron chi connectivity index (χ2n) is 6.35. The number of hydrogen-bond donors (Lipinski definition) is 0. The summed E-state index contributed by atoms with van der Waals surface area (Å²) in [6, 6.07) is 2.11. The molecule has 2 heteroatoms. The first-order chi connectivity index (χ1) is 7.59. The van der Waals surface area contributed by atoms with Gasteiger partial charge in [-0.1, -0.05) is 13.8 Å². The van der Waals surface area contributed by atoms with E-state index >= 15 is 0 Å². The highest BCUT2D eigenvalue weighted by Crippen LogP contribution is 2.61. The quantitative estimate of drug-likeness (QED) is 0.745. The van der Waals surface area contributed by atoms with E-state index in [0.29, 0.717) is 5.41 Å². The molecule has 1 heterocycles. The molecular formula is C14H22N2. The van der Waals surface area contributed by atoms with Crippen LogP contribution in [0.3, 0.4) is 0 Å². The average Bonchev–Trinajstić information content (AvgIpc) is 2.64. The SMILES string of the molecule is Cc1ccnn1C[C@@H]1CC[C@@H]2C[C@H]1C2(C)C. The molecule has 3 saturated carbocycles. The molecule has 3 aliphatic rings. The molecule has 2 nitrogen and oxygen atoms in total. The van der Waals surface area contributed by atoms with Gasteiger partial charge >= 0.3 is 0 Å². The predicted molar refractivity (Wildman–Crippen MR) is 65.1 cm³/mol. The van der Waals surface area contributed by atoms with Crippen LogP contribution in [-0.4, -0.2) is 9.78 Å². The fourth-order valence-corrected chi connectivity index (χ4v) is 3.99. The fourth-order valence-electron chi connectivity index (χ4n) is 3.99. The Morgan fingerprint density at radius 1 is 1.44 bits per heavy atom. The Morgan fingerprint density at radius 3 is 2.81 bits per heavy atom. The Morgan fingerprint density at radius 2 is 2.25 bits per heavy atom. The highest BCUT2D eigenvalue weighted by Gasteiger charge is 2.54. The highest BCUT2D eigenvalue weighted by molar-refractivity contribution is 5.04. The van der Waals surface area contributed by atoms with Gasteiger partial charge in [0.15, 0.2) is 0 Å². The van der Waals surface area contributed by atoms with Crippen molar-refractivity contribution >= 4 is 0 Å². The topological polar surface area (TPSA) is 17.8 Å². The molecule has 88 valence electrons. The molecule has 0 N–H and O–H groups in total. The molecule has 0 saturated heterocycles. The van der Waals surface area contributed by atoms with Crippen LogP contribution in [0, 0.1) is 30.1 Å². The van der Waals surface area contributed by atoms with Gasteiger partial charge in [0.2, 0.25) is 0 Å². The largest absolute Gasteiger partial charge is 0.270 e. The third-order valence-electron chi connectivity index (χ3n) is 5.34. The van der Waals surface area contributed by atoms with E-state index in [1.807, 2.05) is 6.20 Å². The molecule has 4 rings (SSSR count). The summed E-state index contributed by atoms with van der Waals surface area (Å²) >= 11 is 0. The van der Waals surface area contributed by atoms with Crippen molar-refractivity contribution in [3.8, 4) is 0 Å². The van der Waals surface area contributed by atoms with Crippen LogP contribution >= 0.6 is 0 Å². The van der Waals surface area contributed by atoms with Gasteiger partial charge in [-0.15, -0.1) is 0 Å². The molecule has 1 aromatic heterocycles. The number of nitrogens with zero attached hydrogens (tertiary/aromatic N) is 2. The van der Waals surface area contributed by atoms with Gasteiger partial charge in [0.05, 0.1) is 0 Å². The van der Waals surface area contributed by atoms with E-state index in [2.05, 4.69) is 36.6 Å². The van der Waals surface area contributed by atoms with Gasteiger partial charge < -0.3 is 0 Å². The molecule has 3 fully saturated rings. The number of rotatable bonds is 2. The van der Waals surface area contributed by atoms with Crippen molar-refractivity contribution in [3.05, 3.63) is 18.0 Å². The molecule has 0 aromatic carbocycles. The van der Waals surface area contributed by atoms with E-state index in [1.54, 1.807) is 0 Å². The normalized spacial score (nSPS) is 35.8. The monoisotopic (exact) mass is 218 g/mol. The van der Waals surface area contributed by atoms with Gasteiger partial charge in [-0.2, -0.15) is 5.10 Å². The Kier molecular flexibility index (Phi) is 2.17. The number of hydrogen-bond acceptors (Lipinski definition) is 1. The number of aryl methyl sites for hydroxylation is 1. The number of fused-ring (bicyclic) bond motifs is 2. The van der Waals surface area contributed by atoms with Crippen LogP contribution in [0.5, 0.6) is 0 Å². The van der Waals surface area contributed by atoms with Crippen molar-refractivity contribution in [2.24, 2.45) is 23.2 Å². The molecule has 0 aliphatic heterocycles. The second kappa shape index (κ2) is 3.35. The molecule has 0 unspecified atom stereocenters. The highest BCUT2D eigenvalue weighted by atomic mass is 15.3. The van der Waals surface area contributed by atoms with E-state index in [-0.39, 0.29) is 0 Å². The average molecular weight is 218 g/mol. The molecule has 2 bridgehead atoms. The Bertz CT molecular complexity index is 389. The van der Waals surface area contributed by atoms with E-state index in [1.165, 1.54) is 25.0 Å². The summed E-state index contributed by atoms with van der Waals surface area (Å²) in [5.74, 6) is 2.81. The van der Waals surface area contributed by atoms with Crippen molar-refractivity contribution in [1.82, 2.24) is 9.78 Å². The summed E-state index contributed by atoms with van der Waals surface area (Å²) in [5, 5.41) is 4.43. The molecule has 3 atom stereocenters. The lowest BCUT2D eigenvalue weighted by Crippen LogP contribution is -2.53. The van der Waals surface area contributed by atoms with Crippen LogP contribution in [-0.2, 0) is 6.54 Å². The molecule has 1 aromatic rings. The molecule has 0 amide bonds.